The number of amides is 1. The Morgan fingerprint density at radius 3 is 2.58 bits per heavy atom. The van der Waals surface area contributed by atoms with E-state index in [-0.39, 0.29) is 5.91 Å². The summed E-state index contributed by atoms with van der Waals surface area (Å²) in [7, 11) is 3.85. The number of hydrogen-bond acceptors (Lipinski definition) is 8. The topological polar surface area (TPSA) is 112 Å². The van der Waals surface area contributed by atoms with Crippen molar-refractivity contribution in [2.24, 2.45) is 0 Å². The van der Waals surface area contributed by atoms with Crippen LogP contribution in [0.1, 0.15) is 36.4 Å². The van der Waals surface area contributed by atoms with Crippen LogP contribution >= 0.6 is 11.6 Å². The van der Waals surface area contributed by atoms with Crippen molar-refractivity contribution in [3.05, 3.63) is 88.4 Å². The number of nitrogens with zero attached hydrogens (tertiary/aromatic N) is 4. The largest absolute Gasteiger partial charge is 0.492 e. The van der Waals surface area contributed by atoms with E-state index in [1.165, 1.54) is 6.08 Å². The van der Waals surface area contributed by atoms with Crippen LogP contribution in [0.25, 0.3) is 10.9 Å². The van der Waals surface area contributed by atoms with Gasteiger partial charge in [-0.3, -0.25) is 14.8 Å². The fourth-order valence-corrected chi connectivity index (χ4v) is 4.59. The summed E-state index contributed by atoms with van der Waals surface area (Å²) >= 11 is 6.61. The third-order valence-corrected chi connectivity index (χ3v) is 6.77. The number of carbonyl (C=O) groups excluding carboxylic acids is 1. The van der Waals surface area contributed by atoms with Gasteiger partial charge < -0.3 is 25.0 Å². The normalized spacial score (nSPS) is 11.1. The zero-order valence-corrected chi connectivity index (χ0v) is 25.7. The molecule has 0 unspecified atom stereocenters. The van der Waals surface area contributed by atoms with Crippen LogP contribution in [0.5, 0.6) is 11.5 Å². The van der Waals surface area contributed by atoms with E-state index >= 15 is 0 Å². The van der Waals surface area contributed by atoms with Gasteiger partial charge in [-0.25, -0.2) is 0 Å². The minimum Gasteiger partial charge on any atom is -0.492 e. The molecule has 0 atom stereocenters. The van der Waals surface area contributed by atoms with Crippen molar-refractivity contribution < 1.29 is 14.3 Å². The Hall–Kier alpha value is -4.65. The summed E-state index contributed by atoms with van der Waals surface area (Å²) in [5.74, 6) is 0.720. The standard InChI is InChI=1S/C33H35ClN6O3/c1-6-27-25(18-35)33(37-23-12-13-30(26(34)15-23)43-20-22-11-10-21(3)36-19-22)24-16-29(31(42-7-2)17-28(24)38-27)39-32(41)9-8-14-40(4)5/h8-13,15-17,19H,6-7,14,20H2,1-5H3,(H,37,38)(H,39,41)/b9-8+. The molecule has 0 bridgehead atoms. The van der Waals surface area contributed by atoms with E-state index in [4.69, 9.17) is 26.1 Å². The summed E-state index contributed by atoms with van der Waals surface area (Å²) in [6, 6.07) is 15.1. The second-order valence-corrected chi connectivity index (χ2v) is 10.5. The van der Waals surface area contributed by atoms with Crippen molar-refractivity contribution in [3.8, 4) is 17.6 Å². The lowest BCUT2D eigenvalue weighted by molar-refractivity contribution is -0.111. The summed E-state index contributed by atoms with van der Waals surface area (Å²) in [4.78, 5) is 23.7. The Kier molecular flexibility index (Phi) is 10.5. The molecule has 0 saturated heterocycles. The van der Waals surface area contributed by atoms with E-state index in [1.54, 1.807) is 36.5 Å². The van der Waals surface area contributed by atoms with Crippen molar-refractivity contribution in [3.63, 3.8) is 0 Å². The molecular formula is C33H35ClN6O3. The van der Waals surface area contributed by atoms with Crippen LogP contribution in [0.15, 0.2) is 60.8 Å². The van der Waals surface area contributed by atoms with E-state index in [0.29, 0.717) is 81.9 Å². The van der Waals surface area contributed by atoms with Gasteiger partial charge in [0.25, 0.3) is 0 Å². The zero-order valence-electron chi connectivity index (χ0n) is 25.0. The quantitative estimate of drug-likeness (QED) is 0.171. The van der Waals surface area contributed by atoms with Crippen LogP contribution in [0.2, 0.25) is 5.02 Å². The number of carbonyl (C=O) groups is 1. The number of hydrogen-bond donors (Lipinski definition) is 2. The average molecular weight is 599 g/mol. The fraction of sp³-hybridized carbons (Fsp3) is 0.273. The van der Waals surface area contributed by atoms with E-state index in [9.17, 15) is 10.1 Å². The Balaban J connectivity index is 1.70. The van der Waals surface area contributed by atoms with Crippen molar-refractivity contribution in [2.75, 3.05) is 37.9 Å². The molecule has 2 N–H and O–H groups in total. The van der Waals surface area contributed by atoms with Crippen LogP contribution in [0.4, 0.5) is 17.1 Å². The Morgan fingerprint density at radius 1 is 1.12 bits per heavy atom. The molecule has 0 radical (unpaired) electrons. The molecule has 0 saturated carbocycles. The number of nitriles is 1. The maximum atomic E-state index is 12.7. The molecule has 2 heterocycles. The van der Waals surface area contributed by atoms with Gasteiger partial charge >= 0.3 is 0 Å². The van der Waals surface area contributed by atoms with Gasteiger partial charge in [0.2, 0.25) is 5.91 Å². The van der Waals surface area contributed by atoms with Crippen molar-refractivity contribution in [1.29, 1.82) is 5.26 Å². The molecule has 43 heavy (non-hydrogen) atoms. The number of pyridine rings is 2. The molecule has 9 nitrogen and oxygen atoms in total. The number of benzene rings is 2. The molecule has 1 amide bonds. The summed E-state index contributed by atoms with van der Waals surface area (Å²) in [5, 5.41) is 17.5. The maximum absolute atomic E-state index is 12.7. The third-order valence-electron chi connectivity index (χ3n) is 6.47. The van der Waals surface area contributed by atoms with Crippen molar-refractivity contribution in [1.82, 2.24) is 14.9 Å². The van der Waals surface area contributed by atoms with E-state index < -0.39 is 0 Å². The van der Waals surface area contributed by atoms with E-state index in [0.717, 1.165) is 11.3 Å². The van der Waals surface area contributed by atoms with Gasteiger partial charge in [0.15, 0.2) is 0 Å². The lowest BCUT2D eigenvalue weighted by Gasteiger charge is -2.18. The summed E-state index contributed by atoms with van der Waals surface area (Å²) in [5.41, 5.74) is 5.23. The van der Waals surface area contributed by atoms with Gasteiger partial charge in [-0.05, 0) is 64.7 Å². The van der Waals surface area contributed by atoms with Crippen LogP contribution in [0, 0.1) is 18.3 Å². The van der Waals surface area contributed by atoms with E-state index in [1.807, 2.05) is 58.0 Å². The lowest BCUT2D eigenvalue weighted by atomic mass is 10.0. The number of likely N-dealkylation sites (N-methyl/N-ethyl adjacent to an activating group) is 1. The fourth-order valence-electron chi connectivity index (χ4n) is 4.35. The van der Waals surface area contributed by atoms with Crippen LogP contribution in [-0.4, -0.2) is 48.0 Å². The summed E-state index contributed by atoms with van der Waals surface area (Å²) in [6.07, 6.45) is 5.59. The number of fused-ring (bicyclic) bond motifs is 1. The number of rotatable bonds is 12. The van der Waals surface area contributed by atoms with Gasteiger partial charge in [0.05, 0.1) is 39.8 Å². The van der Waals surface area contributed by atoms with Gasteiger partial charge in [0, 0.05) is 47.2 Å². The molecule has 2 aromatic carbocycles. The molecule has 0 aliphatic carbocycles. The first-order valence-electron chi connectivity index (χ1n) is 14.0. The predicted octanol–water partition coefficient (Wildman–Crippen LogP) is 6.80. The molecule has 4 rings (SSSR count). The van der Waals surface area contributed by atoms with Gasteiger partial charge in [-0.15, -0.1) is 0 Å². The van der Waals surface area contributed by atoms with Crippen LogP contribution < -0.4 is 20.1 Å². The van der Waals surface area contributed by atoms with Gasteiger partial charge in [-0.1, -0.05) is 30.7 Å². The molecule has 0 spiro atoms. The highest BCUT2D eigenvalue weighted by molar-refractivity contribution is 6.32. The molecule has 222 valence electrons. The number of nitrogens with one attached hydrogen (secondary N) is 2. The number of ether oxygens (including phenoxy) is 2. The minimum absolute atomic E-state index is 0.293. The molecule has 10 heteroatoms. The van der Waals surface area contributed by atoms with Gasteiger partial charge in [-0.2, -0.15) is 5.26 Å². The second-order valence-electron chi connectivity index (χ2n) is 10.1. The second kappa shape index (κ2) is 14.5. The molecule has 0 fully saturated rings. The Labute approximate surface area is 257 Å². The predicted molar refractivity (Wildman–Crippen MR) is 171 cm³/mol. The first-order valence-corrected chi connectivity index (χ1v) is 14.4. The lowest BCUT2D eigenvalue weighted by Crippen LogP contribution is -2.13. The highest BCUT2D eigenvalue weighted by Crippen LogP contribution is 2.38. The zero-order chi connectivity index (χ0) is 30.9. The van der Waals surface area contributed by atoms with Gasteiger partial charge in [0.1, 0.15) is 24.2 Å². The maximum Gasteiger partial charge on any atom is 0.248 e. The molecule has 4 aromatic rings. The third kappa shape index (κ3) is 8.01. The monoisotopic (exact) mass is 598 g/mol. The first kappa shape index (κ1) is 31.3. The smallest absolute Gasteiger partial charge is 0.248 e. The van der Waals surface area contributed by atoms with Crippen molar-refractivity contribution >= 4 is 45.5 Å². The minimum atomic E-state index is -0.293. The molecule has 0 aliphatic rings. The molecular weight excluding hydrogens is 564 g/mol. The average Bonchev–Trinajstić information content (AvgIpc) is 2.97. The highest BCUT2D eigenvalue weighted by atomic mass is 35.5. The van der Waals surface area contributed by atoms with Crippen LogP contribution in [-0.2, 0) is 17.8 Å². The number of aryl methyl sites for hydroxylation is 2. The number of anilines is 3. The first-order chi connectivity index (χ1) is 20.7. The molecule has 2 aromatic heterocycles. The SMILES string of the molecule is CCOc1cc2nc(CC)c(C#N)c(Nc3ccc(OCc4ccc(C)nc4)c(Cl)c3)c2cc1NC(=O)/C=C/CN(C)C. The Bertz CT molecular complexity index is 1680. The van der Waals surface area contributed by atoms with Crippen molar-refractivity contribution in [2.45, 2.75) is 33.8 Å². The summed E-state index contributed by atoms with van der Waals surface area (Å²) < 4.78 is 11.8. The number of halogens is 1. The molecule has 0 aliphatic heterocycles. The van der Waals surface area contributed by atoms with E-state index in [2.05, 4.69) is 21.7 Å². The van der Waals surface area contributed by atoms with Crippen LogP contribution in [0.3, 0.4) is 0 Å². The Morgan fingerprint density at radius 2 is 1.93 bits per heavy atom. The number of aromatic nitrogens is 2. The summed E-state index contributed by atoms with van der Waals surface area (Å²) in [6.45, 7) is 7.11. The highest BCUT2D eigenvalue weighted by Gasteiger charge is 2.19.